The fourth-order valence-electron chi connectivity index (χ4n) is 4.39. The first-order valence-corrected chi connectivity index (χ1v) is 10.4. The van der Waals surface area contributed by atoms with Crippen LogP contribution in [0.2, 0.25) is 0 Å². The van der Waals surface area contributed by atoms with E-state index in [9.17, 15) is 0 Å². The second-order valence-corrected chi connectivity index (χ2v) is 10.8. The lowest BCUT2D eigenvalue weighted by atomic mass is 9.63. The van der Waals surface area contributed by atoms with Gasteiger partial charge in [-0.3, -0.25) is 0 Å². The van der Waals surface area contributed by atoms with Crippen LogP contribution in [-0.4, -0.2) is 0 Å². The van der Waals surface area contributed by atoms with Gasteiger partial charge in [-0.1, -0.05) is 60.6 Å². The minimum absolute atomic E-state index is 0.165. The fourth-order valence-corrected chi connectivity index (χ4v) is 4.39. The highest BCUT2D eigenvalue weighted by molar-refractivity contribution is 5.94. The van der Waals surface area contributed by atoms with E-state index in [0.717, 1.165) is 17.0 Å². The van der Waals surface area contributed by atoms with Crippen molar-refractivity contribution in [3.63, 3.8) is 0 Å². The van der Waals surface area contributed by atoms with Crippen molar-refractivity contribution in [1.29, 1.82) is 0 Å². The monoisotopic (exact) mass is 375 g/mol. The molecule has 0 aliphatic heterocycles. The molecule has 1 aliphatic carbocycles. The predicted octanol–water partition coefficient (Wildman–Crippen LogP) is 7.82. The number of anilines is 2. The zero-order valence-corrected chi connectivity index (χ0v) is 18.4. The predicted molar refractivity (Wildman–Crippen MR) is 120 cm³/mol. The number of rotatable bonds is 2. The van der Waals surface area contributed by atoms with Crippen LogP contribution in [0.4, 0.5) is 11.4 Å². The first-order chi connectivity index (χ1) is 13.0. The van der Waals surface area contributed by atoms with Crippen molar-refractivity contribution in [2.45, 2.75) is 77.6 Å². The summed E-state index contributed by atoms with van der Waals surface area (Å²) in [5.74, 6) is 0. The summed E-state index contributed by atoms with van der Waals surface area (Å²) >= 11 is 0. The molecule has 1 aliphatic rings. The summed E-state index contributed by atoms with van der Waals surface area (Å²) in [6.07, 6.45) is 4.28. The number of nitrogens with one attached hydrogen (secondary N) is 1. The molecular formula is C26H33NO. The second kappa shape index (κ2) is 6.14. The average Bonchev–Trinajstić information content (AvgIpc) is 3.00. The number of hydrogen-bond donors (Lipinski definition) is 1. The van der Waals surface area contributed by atoms with Crippen molar-refractivity contribution in [3.05, 3.63) is 59.4 Å². The van der Waals surface area contributed by atoms with Crippen molar-refractivity contribution in [2.24, 2.45) is 0 Å². The zero-order chi connectivity index (χ0) is 20.3. The first kappa shape index (κ1) is 19.1. The van der Waals surface area contributed by atoms with E-state index in [0.29, 0.717) is 0 Å². The highest BCUT2D eigenvalue weighted by Gasteiger charge is 2.37. The largest absolute Gasteiger partial charge is 0.462 e. The minimum Gasteiger partial charge on any atom is -0.462 e. The van der Waals surface area contributed by atoms with Crippen molar-refractivity contribution < 1.29 is 4.42 Å². The van der Waals surface area contributed by atoms with Crippen molar-refractivity contribution in [3.8, 4) is 0 Å². The van der Waals surface area contributed by atoms with Crippen LogP contribution in [0, 0.1) is 0 Å². The molecule has 2 heteroatoms. The molecule has 28 heavy (non-hydrogen) atoms. The van der Waals surface area contributed by atoms with Gasteiger partial charge >= 0.3 is 0 Å². The maximum atomic E-state index is 5.96. The topological polar surface area (TPSA) is 25.2 Å². The molecule has 2 nitrogen and oxygen atoms in total. The molecule has 3 aromatic rings. The Labute approximate surface area is 169 Å². The molecule has 148 valence electrons. The van der Waals surface area contributed by atoms with E-state index in [1.807, 2.05) is 6.26 Å². The van der Waals surface area contributed by atoms with E-state index >= 15 is 0 Å². The van der Waals surface area contributed by atoms with E-state index in [1.165, 1.54) is 34.9 Å². The van der Waals surface area contributed by atoms with Gasteiger partial charge in [0.15, 0.2) is 0 Å². The molecule has 0 radical (unpaired) electrons. The summed E-state index contributed by atoms with van der Waals surface area (Å²) in [5.41, 5.74) is 7.90. The number of fused-ring (bicyclic) bond motifs is 2. The van der Waals surface area contributed by atoms with Gasteiger partial charge in [-0.15, -0.1) is 0 Å². The van der Waals surface area contributed by atoms with Gasteiger partial charge in [0.2, 0.25) is 0 Å². The Hall–Kier alpha value is -2.22. The van der Waals surface area contributed by atoms with E-state index < -0.39 is 0 Å². The van der Waals surface area contributed by atoms with Gasteiger partial charge in [0, 0.05) is 11.1 Å². The Morgan fingerprint density at radius 3 is 2.00 bits per heavy atom. The van der Waals surface area contributed by atoms with E-state index in [1.54, 1.807) is 0 Å². The lowest BCUT2D eigenvalue weighted by molar-refractivity contribution is 0.332. The fraction of sp³-hybridized carbons (Fsp3) is 0.462. The Morgan fingerprint density at radius 2 is 1.43 bits per heavy atom. The maximum absolute atomic E-state index is 5.96. The van der Waals surface area contributed by atoms with Crippen LogP contribution in [0.3, 0.4) is 0 Å². The Balaban J connectivity index is 1.74. The van der Waals surface area contributed by atoms with Crippen LogP contribution in [0.5, 0.6) is 0 Å². The van der Waals surface area contributed by atoms with E-state index in [4.69, 9.17) is 4.42 Å². The molecule has 2 aromatic carbocycles. The molecule has 4 rings (SSSR count). The summed E-state index contributed by atoms with van der Waals surface area (Å²) in [6, 6.07) is 13.4. The van der Waals surface area contributed by atoms with Crippen molar-refractivity contribution in [1.82, 2.24) is 0 Å². The zero-order valence-electron chi connectivity index (χ0n) is 18.4. The van der Waals surface area contributed by atoms with Crippen LogP contribution < -0.4 is 5.32 Å². The number of furan rings is 1. The third-order valence-electron chi connectivity index (χ3n) is 6.58. The smallest absolute Gasteiger partial charge is 0.136 e. The average molecular weight is 376 g/mol. The van der Waals surface area contributed by atoms with Crippen molar-refractivity contribution >= 4 is 22.3 Å². The molecule has 1 heterocycles. The molecule has 1 aromatic heterocycles. The molecule has 0 spiro atoms. The van der Waals surface area contributed by atoms with Crippen LogP contribution in [0.15, 0.2) is 47.1 Å². The van der Waals surface area contributed by atoms with Crippen LogP contribution >= 0.6 is 0 Å². The van der Waals surface area contributed by atoms with Gasteiger partial charge < -0.3 is 9.73 Å². The highest BCUT2D eigenvalue weighted by Crippen LogP contribution is 2.48. The Bertz CT molecular complexity index is 1010. The third-order valence-corrected chi connectivity index (χ3v) is 6.58. The van der Waals surface area contributed by atoms with Gasteiger partial charge in [-0.05, 0) is 70.0 Å². The maximum Gasteiger partial charge on any atom is 0.136 e. The second-order valence-electron chi connectivity index (χ2n) is 10.8. The summed E-state index contributed by atoms with van der Waals surface area (Å²) in [7, 11) is 0. The lowest BCUT2D eigenvalue weighted by Crippen LogP contribution is -2.33. The van der Waals surface area contributed by atoms with Gasteiger partial charge in [0.05, 0.1) is 5.69 Å². The first-order valence-electron chi connectivity index (χ1n) is 10.4. The standard InChI is InChI=1S/C26H33NO/c1-24(2,3)17-8-10-18(11-9-17)27-22-16-28-23-15-21-20(14-19(22)23)25(4,5)12-13-26(21,6)7/h8-11,14-16,27H,12-13H2,1-7H3. The highest BCUT2D eigenvalue weighted by atomic mass is 16.3. The summed E-state index contributed by atoms with van der Waals surface area (Å²) < 4.78 is 5.96. The molecule has 0 saturated heterocycles. The number of benzene rings is 2. The third kappa shape index (κ3) is 3.23. The van der Waals surface area contributed by atoms with Gasteiger partial charge in [-0.25, -0.2) is 0 Å². The van der Waals surface area contributed by atoms with Crippen LogP contribution in [-0.2, 0) is 16.2 Å². The quantitative estimate of drug-likeness (QED) is 0.494. The van der Waals surface area contributed by atoms with Gasteiger partial charge in [0.1, 0.15) is 11.8 Å². The Kier molecular flexibility index (Phi) is 4.19. The van der Waals surface area contributed by atoms with Gasteiger partial charge in [0.25, 0.3) is 0 Å². The van der Waals surface area contributed by atoms with Gasteiger partial charge in [-0.2, -0.15) is 0 Å². The molecule has 0 unspecified atom stereocenters. The van der Waals surface area contributed by atoms with Crippen molar-refractivity contribution in [2.75, 3.05) is 5.32 Å². The molecule has 0 bridgehead atoms. The molecule has 0 saturated carbocycles. The van der Waals surface area contributed by atoms with Crippen LogP contribution in [0.1, 0.15) is 78.0 Å². The number of hydrogen-bond acceptors (Lipinski definition) is 2. The molecule has 0 amide bonds. The van der Waals surface area contributed by atoms with E-state index in [2.05, 4.69) is 90.2 Å². The normalized spacial score (nSPS) is 18.1. The SMILES string of the molecule is CC(C)(C)c1ccc(Nc2coc3cc4c(cc23)C(C)(C)CCC4(C)C)cc1. The molecule has 0 fully saturated rings. The molecule has 0 atom stereocenters. The minimum atomic E-state index is 0.165. The lowest BCUT2D eigenvalue weighted by Gasteiger charge is -2.41. The van der Waals surface area contributed by atoms with E-state index in [-0.39, 0.29) is 16.2 Å². The summed E-state index contributed by atoms with van der Waals surface area (Å²) in [5, 5.41) is 4.74. The summed E-state index contributed by atoms with van der Waals surface area (Å²) in [6.45, 7) is 16.2. The summed E-state index contributed by atoms with van der Waals surface area (Å²) in [4.78, 5) is 0. The Morgan fingerprint density at radius 1 is 0.857 bits per heavy atom. The molecular weight excluding hydrogens is 342 g/mol. The van der Waals surface area contributed by atoms with Crippen LogP contribution in [0.25, 0.3) is 11.0 Å². The molecule has 1 N–H and O–H groups in total.